The molecule has 0 spiro atoms. The van der Waals surface area contributed by atoms with Gasteiger partial charge >= 0.3 is 0 Å². The van der Waals surface area contributed by atoms with E-state index in [-0.39, 0.29) is 5.91 Å². The first kappa shape index (κ1) is 16.1. The largest absolute Gasteiger partial charge is 0.497 e. The Morgan fingerprint density at radius 1 is 1.00 bits per heavy atom. The third kappa shape index (κ3) is 3.57. The summed E-state index contributed by atoms with van der Waals surface area (Å²) in [4.78, 5) is 14.3. The van der Waals surface area contributed by atoms with Crippen molar-refractivity contribution < 1.29 is 9.53 Å². The topological polar surface area (TPSA) is 29.5 Å². The van der Waals surface area contributed by atoms with Crippen molar-refractivity contribution in [2.24, 2.45) is 0 Å². The number of benzene rings is 3. The molecule has 0 atom stereocenters. The Morgan fingerprint density at radius 3 is 2.58 bits per heavy atom. The van der Waals surface area contributed by atoms with E-state index in [9.17, 15) is 4.79 Å². The van der Waals surface area contributed by atoms with E-state index in [1.165, 1.54) is 10.8 Å². The number of methoxy groups -OCH3 is 1. The molecule has 0 saturated carbocycles. The number of ether oxygens (including phenoxy) is 1. The first-order valence-electron chi connectivity index (χ1n) is 8.01. The van der Waals surface area contributed by atoms with Crippen LogP contribution in [0.2, 0.25) is 0 Å². The maximum atomic E-state index is 12.5. The highest BCUT2D eigenvalue weighted by Gasteiger charge is 2.12. The SMILES string of the molecule is COc1cccc(CC(=O)N(C)Cc2cccc3ccccc23)c1. The van der Waals surface area contributed by atoms with Gasteiger partial charge in [-0.3, -0.25) is 4.79 Å². The molecule has 3 aromatic carbocycles. The van der Waals surface area contributed by atoms with E-state index in [0.29, 0.717) is 13.0 Å². The summed E-state index contributed by atoms with van der Waals surface area (Å²) in [5, 5.41) is 2.39. The molecule has 0 radical (unpaired) electrons. The molecule has 122 valence electrons. The smallest absolute Gasteiger partial charge is 0.227 e. The van der Waals surface area contributed by atoms with E-state index in [2.05, 4.69) is 24.3 Å². The number of rotatable bonds is 5. The maximum absolute atomic E-state index is 12.5. The summed E-state index contributed by atoms with van der Waals surface area (Å²) in [5.74, 6) is 0.869. The van der Waals surface area contributed by atoms with Gasteiger partial charge in [-0.05, 0) is 34.0 Å². The Labute approximate surface area is 142 Å². The first-order valence-corrected chi connectivity index (χ1v) is 8.01. The number of fused-ring (bicyclic) bond motifs is 1. The fourth-order valence-electron chi connectivity index (χ4n) is 2.87. The number of amides is 1. The summed E-state index contributed by atoms with van der Waals surface area (Å²) >= 11 is 0. The van der Waals surface area contributed by atoms with Gasteiger partial charge in [0.1, 0.15) is 5.75 Å². The lowest BCUT2D eigenvalue weighted by Crippen LogP contribution is -2.27. The monoisotopic (exact) mass is 319 g/mol. The number of carbonyl (C=O) groups excluding carboxylic acids is 1. The van der Waals surface area contributed by atoms with Gasteiger partial charge in [0.15, 0.2) is 0 Å². The van der Waals surface area contributed by atoms with Gasteiger partial charge in [0.05, 0.1) is 13.5 Å². The normalized spacial score (nSPS) is 10.6. The van der Waals surface area contributed by atoms with Gasteiger partial charge in [0.2, 0.25) is 5.91 Å². The van der Waals surface area contributed by atoms with E-state index in [4.69, 9.17) is 4.74 Å². The van der Waals surface area contributed by atoms with Crippen LogP contribution in [-0.2, 0) is 17.8 Å². The van der Waals surface area contributed by atoms with E-state index in [0.717, 1.165) is 16.9 Å². The predicted molar refractivity (Wildman–Crippen MR) is 97.1 cm³/mol. The van der Waals surface area contributed by atoms with E-state index < -0.39 is 0 Å². The Hall–Kier alpha value is -2.81. The molecule has 3 aromatic rings. The second-order valence-electron chi connectivity index (χ2n) is 5.92. The van der Waals surface area contributed by atoms with E-state index in [1.807, 2.05) is 49.5 Å². The third-order valence-corrected chi connectivity index (χ3v) is 4.20. The van der Waals surface area contributed by atoms with Crippen LogP contribution in [0.3, 0.4) is 0 Å². The van der Waals surface area contributed by atoms with Crippen LogP contribution in [0.25, 0.3) is 10.8 Å². The molecule has 0 fully saturated rings. The van der Waals surface area contributed by atoms with Crippen LogP contribution in [0, 0.1) is 0 Å². The van der Waals surface area contributed by atoms with Gasteiger partial charge in [-0.15, -0.1) is 0 Å². The lowest BCUT2D eigenvalue weighted by Gasteiger charge is -2.19. The number of hydrogen-bond acceptors (Lipinski definition) is 2. The Balaban J connectivity index is 1.73. The van der Waals surface area contributed by atoms with Crippen LogP contribution in [0.15, 0.2) is 66.7 Å². The summed E-state index contributed by atoms with van der Waals surface area (Å²) < 4.78 is 5.22. The lowest BCUT2D eigenvalue weighted by atomic mass is 10.0. The average molecular weight is 319 g/mol. The average Bonchev–Trinajstić information content (AvgIpc) is 2.62. The second kappa shape index (κ2) is 7.18. The summed E-state index contributed by atoms with van der Waals surface area (Å²) in [5.41, 5.74) is 2.12. The Bertz CT molecular complexity index is 852. The first-order chi connectivity index (χ1) is 11.7. The van der Waals surface area contributed by atoms with Crippen LogP contribution in [0.5, 0.6) is 5.75 Å². The number of hydrogen-bond donors (Lipinski definition) is 0. The molecular weight excluding hydrogens is 298 g/mol. The number of nitrogens with zero attached hydrogens (tertiary/aromatic N) is 1. The van der Waals surface area contributed by atoms with Crippen LogP contribution in [-0.4, -0.2) is 25.0 Å². The molecule has 0 aromatic heterocycles. The molecular formula is C21H21NO2. The standard InChI is InChI=1S/C21H21NO2/c1-22(21(23)14-16-7-5-11-19(13-16)24-2)15-18-10-6-9-17-8-3-4-12-20(17)18/h3-13H,14-15H2,1-2H3. The van der Waals surface area contributed by atoms with Gasteiger partial charge in [-0.25, -0.2) is 0 Å². The summed E-state index contributed by atoms with van der Waals surface area (Å²) in [7, 11) is 3.48. The predicted octanol–water partition coefficient (Wildman–Crippen LogP) is 4.05. The van der Waals surface area contributed by atoms with Crippen molar-refractivity contribution >= 4 is 16.7 Å². The minimum Gasteiger partial charge on any atom is -0.497 e. The molecule has 0 aliphatic rings. The fraction of sp³-hybridized carbons (Fsp3) is 0.190. The highest BCUT2D eigenvalue weighted by Crippen LogP contribution is 2.20. The Kier molecular flexibility index (Phi) is 4.80. The fourth-order valence-corrected chi connectivity index (χ4v) is 2.87. The zero-order valence-electron chi connectivity index (χ0n) is 14.0. The van der Waals surface area contributed by atoms with Crippen LogP contribution < -0.4 is 4.74 Å². The molecule has 0 aliphatic carbocycles. The minimum atomic E-state index is 0.0937. The van der Waals surface area contributed by atoms with Crippen molar-refractivity contribution in [1.82, 2.24) is 4.90 Å². The van der Waals surface area contributed by atoms with Crippen LogP contribution >= 0.6 is 0 Å². The number of carbonyl (C=O) groups is 1. The van der Waals surface area contributed by atoms with Gasteiger partial charge < -0.3 is 9.64 Å². The molecule has 24 heavy (non-hydrogen) atoms. The third-order valence-electron chi connectivity index (χ3n) is 4.20. The molecule has 3 heteroatoms. The van der Waals surface area contributed by atoms with Crippen molar-refractivity contribution in [2.75, 3.05) is 14.2 Å². The highest BCUT2D eigenvalue weighted by molar-refractivity contribution is 5.86. The van der Waals surface area contributed by atoms with Crippen molar-refractivity contribution in [2.45, 2.75) is 13.0 Å². The zero-order valence-corrected chi connectivity index (χ0v) is 14.0. The maximum Gasteiger partial charge on any atom is 0.227 e. The van der Waals surface area contributed by atoms with Crippen molar-refractivity contribution in [3.05, 3.63) is 77.9 Å². The molecule has 0 saturated heterocycles. The summed E-state index contributed by atoms with van der Waals surface area (Å²) in [6.07, 6.45) is 0.373. The van der Waals surface area contributed by atoms with E-state index in [1.54, 1.807) is 12.0 Å². The summed E-state index contributed by atoms with van der Waals surface area (Å²) in [6.45, 7) is 0.601. The second-order valence-corrected chi connectivity index (χ2v) is 5.92. The van der Waals surface area contributed by atoms with Gasteiger partial charge in [0.25, 0.3) is 0 Å². The van der Waals surface area contributed by atoms with E-state index >= 15 is 0 Å². The lowest BCUT2D eigenvalue weighted by molar-refractivity contribution is -0.129. The quantitative estimate of drug-likeness (QED) is 0.710. The van der Waals surface area contributed by atoms with Gasteiger partial charge in [-0.2, -0.15) is 0 Å². The highest BCUT2D eigenvalue weighted by atomic mass is 16.5. The van der Waals surface area contributed by atoms with Gasteiger partial charge in [-0.1, -0.05) is 54.6 Å². The Morgan fingerprint density at radius 2 is 1.75 bits per heavy atom. The van der Waals surface area contributed by atoms with Crippen LogP contribution in [0.4, 0.5) is 0 Å². The van der Waals surface area contributed by atoms with Crippen molar-refractivity contribution in [1.29, 1.82) is 0 Å². The van der Waals surface area contributed by atoms with Crippen molar-refractivity contribution in [3.63, 3.8) is 0 Å². The van der Waals surface area contributed by atoms with Crippen molar-refractivity contribution in [3.8, 4) is 5.75 Å². The zero-order chi connectivity index (χ0) is 16.9. The van der Waals surface area contributed by atoms with Gasteiger partial charge in [0, 0.05) is 13.6 Å². The molecule has 0 unspecified atom stereocenters. The molecule has 0 heterocycles. The molecule has 1 amide bonds. The molecule has 0 bridgehead atoms. The molecule has 0 aliphatic heterocycles. The summed E-state index contributed by atoms with van der Waals surface area (Å²) in [6, 6.07) is 22.1. The molecule has 0 N–H and O–H groups in total. The molecule has 3 nitrogen and oxygen atoms in total. The molecule has 3 rings (SSSR count). The number of likely N-dealkylation sites (N-methyl/N-ethyl adjacent to an activating group) is 1. The minimum absolute atomic E-state index is 0.0937. The van der Waals surface area contributed by atoms with Crippen LogP contribution in [0.1, 0.15) is 11.1 Å².